The van der Waals surface area contributed by atoms with Crippen LogP contribution in [0.1, 0.15) is 18.4 Å². The molecule has 0 unspecified atom stereocenters. The highest BCUT2D eigenvalue weighted by Crippen LogP contribution is 2.22. The monoisotopic (exact) mass is 403 g/mol. The first kappa shape index (κ1) is 19.7. The average Bonchev–Trinajstić information content (AvgIpc) is 2.72. The van der Waals surface area contributed by atoms with Crippen molar-refractivity contribution in [3.05, 3.63) is 48.3 Å². The van der Waals surface area contributed by atoms with E-state index in [1.165, 1.54) is 17.3 Å². The number of urea groups is 1. The van der Waals surface area contributed by atoms with Crippen molar-refractivity contribution in [1.29, 1.82) is 0 Å². The van der Waals surface area contributed by atoms with Crippen LogP contribution in [0.3, 0.4) is 0 Å². The highest BCUT2D eigenvalue weighted by Gasteiger charge is 2.24. The third kappa shape index (κ3) is 5.74. The summed E-state index contributed by atoms with van der Waals surface area (Å²) < 4.78 is 8.35. The lowest BCUT2D eigenvalue weighted by atomic mass is 10.1. The fourth-order valence-electron chi connectivity index (χ4n) is 2.79. The summed E-state index contributed by atoms with van der Waals surface area (Å²) in [5.74, 6) is 0.325. The van der Waals surface area contributed by atoms with Crippen LogP contribution < -0.4 is 14.8 Å². The van der Waals surface area contributed by atoms with E-state index >= 15 is 0 Å². The molecule has 9 nitrogen and oxygen atoms in total. The number of hydrogen-bond donors (Lipinski definition) is 3. The maximum atomic E-state index is 12.2. The van der Waals surface area contributed by atoms with Gasteiger partial charge in [-0.2, -0.15) is 0 Å². The van der Waals surface area contributed by atoms with E-state index < -0.39 is 12.1 Å². The number of hydrogen-bond acceptors (Lipinski definition) is 6. The van der Waals surface area contributed by atoms with Crippen molar-refractivity contribution in [1.82, 2.24) is 24.9 Å². The van der Waals surface area contributed by atoms with E-state index in [-0.39, 0.29) is 12.6 Å². The second kappa shape index (κ2) is 9.79. The summed E-state index contributed by atoms with van der Waals surface area (Å²) in [6.45, 7) is 1.11. The summed E-state index contributed by atoms with van der Waals surface area (Å²) in [7, 11) is 0. The fraction of sp³-hybridized carbons (Fsp3) is 0.333. The smallest absolute Gasteiger partial charge is 0.407 e. The largest absolute Gasteiger partial charge is 0.471 e. The van der Waals surface area contributed by atoms with Gasteiger partial charge in [0.2, 0.25) is 5.88 Å². The molecule has 1 saturated heterocycles. The van der Waals surface area contributed by atoms with Crippen LogP contribution in [-0.4, -0.2) is 51.2 Å². The van der Waals surface area contributed by atoms with Gasteiger partial charge in [0.05, 0.1) is 0 Å². The van der Waals surface area contributed by atoms with Crippen LogP contribution in [0.5, 0.6) is 5.88 Å². The molecule has 3 N–H and O–H groups in total. The van der Waals surface area contributed by atoms with Crippen molar-refractivity contribution in [3.8, 4) is 5.88 Å². The molecule has 1 atom stereocenters. The highest BCUT2D eigenvalue weighted by molar-refractivity contribution is 7.98. The first-order chi connectivity index (χ1) is 13.6. The number of nitrogens with one attached hydrogen (secondary N) is 2. The molecule has 28 heavy (non-hydrogen) atoms. The molecule has 0 bridgehead atoms. The number of carbonyl (C=O) groups is 2. The van der Waals surface area contributed by atoms with E-state index in [0.29, 0.717) is 30.5 Å². The van der Waals surface area contributed by atoms with Gasteiger partial charge in [-0.1, -0.05) is 30.3 Å². The Morgan fingerprint density at radius 3 is 2.82 bits per heavy atom. The van der Waals surface area contributed by atoms with Gasteiger partial charge in [0, 0.05) is 43.5 Å². The quantitative estimate of drug-likeness (QED) is 0.635. The summed E-state index contributed by atoms with van der Waals surface area (Å²) in [4.78, 5) is 32.9. The molecule has 0 spiro atoms. The number of piperidine rings is 1. The Morgan fingerprint density at radius 1 is 1.25 bits per heavy atom. The Balaban J connectivity index is 1.50. The van der Waals surface area contributed by atoms with Gasteiger partial charge >= 0.3 is 12.1 Å². The Bertz CT molecular complexity index is 808. The van der Waals surface area contributed by atoms with Crippen molar-refractivity contribution in [2.24, 2.45) is 0 Å². The molecule has 0 saturated carbocycles. The zero-order valence-corrected chi connectivity index (χ0v) is 15.9. The number of carbonyl (C=O) groups excluding carboxylic acids is 1. The third-order valence-corrected chi connectivity index (χ3v) is 4.88. The highest BCUT2D eigenvalue weighted by atomic mass is 32.2. The van der Waals surface area contributed by atoms with Gasteiger partial charge in [-0.25, -0.2) is 19.6 Å². The van der Waals surface area contributed by atoms with Crippen molar-refractivity contribution in [3.63, 3.8) is 0 Å². The van der Waals surface area contributed by atoms with E-state index in [1.807, 2.05) is 30.3 Å². The van der Waals surface area contributed by atoms with Crippen molar-refractivity contribution >= 4 is 24.1 Å². The Labute approximate surface area is 166 Å². The summed E-state index contributed by atoms with van der Waals surface area (Å²) in [6, 6.07) is 9.03. The zero-order chi connectivity index (χ0) is 19.8. The first-order valence-electron chi connectivity index (χ1n) is 8.81. The first-order valence-corrected chi connectivity index (χ1v) is 9.62. The molecule has 2 heterocycles. The van der Waals surface area contributed by atoms with Crippen LogP contribution in [0.15, 0.2) is 47.8 Å². The zero-order valence-electron chi connectivity index (χ0n) is 15.1. The van der Waals surface area contributed by atoms with Crippen LogP contribution in [0.2, 0.25) is 0 Å². The van der Waals surface area contributed by atoms with Gasteiger partial charge in [-0.05, 0) is 18.4 Å². The van der Waals surface area contributed by atoms with E-state index in [9.17, 15) is 9.59 Å². The van der Waals surface area contributed by atoms with Gasteiger partial charge in [-0.3, -0.25) is 4.72 Å². The van der Waals surface area contributed by atoms with Crippen molar-refractivity contribution < 1.29 is 19.4 Å². The number of aromatic nitrogens is 2. The van der Waals surface area contributed by atoms with Gasteiger partial charge in [0.1, 0.15) is 6.61 Å². The van der Waals surface area contributed by atoms with Crippen LogP contribution in [0, 0.1) is 0 Å². The lowest BCUT2D eigenvalue weighted by Gasteiger charge is -2.31. The number of nitrogens with zero attached hydrogens (tertiary/aromatic N) is 3. The normalized spacial score (nSPS) is 16.3. The van der Waals surface area contributed by atoms with Crippen LogP contribution in [0.25, 0.3) is 0 Å². The fourth-order valence-corrected chi connectivity index (χ4v) is 3.35. The molecule has 1 aliphatic rings. The van der Waals surface area contributed by atoms with Gasteiger partial charge in [0.25, 0.3) is 0 Å². The number of carboxylic acid groups (broad SMARTS) is 1. The minimum absolute atomic E-state index is 0.221. The predicted molar refractivity (Wildman–Crippen MR) is 103 cm³/mol. The molecule has 1 aromatic carbocycles. The third-order valence-electron chi connectivity index (χ3n) is 4.12. The molecular formula is C18H21N5O4S. The number of ether oxygens (including phenoxy) is 1. The second-order valence-corrected chi connectivity index (χ2v) is 6.98. The Kier molecular flexibility index (Phi) is 6.90. The molecule has 0 radical (unpaired) electrons. The number of likely N-dealkylation sites (tertiary alicyclic amines) is 1. The van der Waals surface area contributed by atoms with E-state index in [4.69, 9.17) is 9.84 Å². The van der Waals surface area contributed by atoms with Crippen LogP contribution in [-0.2, 0) is 6.61 Å². The summed E-state index contributed by atoms with van der Waals surface area (Å²) in [6.07, 6.45) is 3.52. The minimum Gasteiger partial charge on any atom is -0.471 e. The minimum atomic E-state index is -0.971. The average molecular weight is 403 g/mol. The second-order valence-electron chi connectivity index (χ2n) is 6.19. The van der Waals surface area contributed by atoms with Crippen LogP contribution >= 0.6 is 11.9 Å². The van der Waals surface area contributed by atoms with Gasteiger partial charge in [-0.15, -0.1) is 0 Å². The SMILES string of the molecule is O=C(NSc1nccnc1OCc1ccccc1)N[C@@H]1CCCN(C(=O)O)C1. The molecule has 1 aromatic heterocycles. The molecule has 1 fully saturated rings. The lowest BCUT2D eigenvalue weighted by Crippen LogP contribution is -2.50. The number of rotatable bonds is 6. The maximum Gasteiger partial charge on any atom is 0.407 e. The molecule has 3 rings (SSSR count). The topological polar surface area (TPSA) is 117 Å². The summed E-state index contributed by atoms with van der Waals surface area (Å²) >= 11 is 0.995. The maximum absolute atomic E-state index is 12.2. The van der Waals surface area contributed by atoms with Crippen molar-refractivity contribution in [2.45, 2.75) is 30.5 Å². The van der Waals surface area contributed by atoms with E-state index in [0.717, 1.165) is 23.9 Å². The van der Waals surface area contributed by atoms with E-state index in [2.05, 4.69) is 20.0 Å². The number of benzene rings is 1. The van der Waals surface area contributed by atoms with E-state index in [1.54, 1.807) is 0 Å². The molecular weight excluding hydrogens is 382 g/mol. The predicted octanol–water partition coefficient (Wildman–Crippen LogP) is 2.50. The van der Waals surface area contributed by atoms with Gasteiger partial charge in [0.15, 0.2) is 5.03 Å². The Hall–Kier alpha value is -3.01. The molecule has 10 heteroatoms. The summed E-state index contributed by atoms with van der Waals surface area (Å²) in [5.41, 5.74) is 0.995. The lowest BCUT2D eigenvalue weighted by molar-refractivity contribution is 0.127. The molecule has 0 aliphatic carbocycles. The molecule has 148 valence electrons. The van der Waals surface area contributed by atoms with Crippen molar-refractivity contribution in [2.75, 3.05) is 13.1 Å². The standard InChI is InChI=1S/C18H21N5O4S/c24-17(21-14-7-4-10-23(11-14)18(25)26)22-28-16-15(19-8-9-20-16)27-12-13-5-2-1-3-6-13/h1-3,5-6,8-9,14H,4,7,10-12H2,(H,25,26)(H2,21,22,24)/t14-/m1/s1. The molecule has 2 aromatic rings. The number of amides is 3. The Morgan fingerprint density at radius 2 is 2.04 bits per heavy atom. The van der Waals surface area contributed by atoms with Crippen LogP contribution in [0.4, 0.5) is 9.59 Å². The molecule has 1 aliphatic heterocycles. The summed E-state index contributed by atoms with van der Waals surface area (Å²) in [5, 5.41) is 12.3. The van der Waals surface area contributed by atoms with Gasteiger partial charge < -0.3 is 20.1 Å². The molecule has 3 amide bonds.